The Bertz CT molecular complexity index is 788. The van der Waals surface area contributed by atoms with Gasteiger partial charge in [0, 0.05) is 19.4 Å². The summed E-state index contributed by atoms with van der Waals surface area (Å²) in [4.78, 5) is 12.5. The lowest BCUT2D eigenvalue weighted by Crippen LogP contribution is -2.38. The van der Waals surface area contributed by atoms with Gasteiger partial charge in [0.25, 0.3) is 5.91 Å². The first kappa shape index (κ1) is 15.5. The Morgan fingerprint density at radius 2 is 2.17 bits per heavy atom. The van der Waals surface area contributed by atoms with Crippen LogP contribution in [0.4, 0.5) is 0 Å². The van der Waals surface area contributed by atoms with Gasteiger partial charge in [-0.1, -0.05) is 0 Å². The van der Waals surface area contributed by atoms with Crippen molar-refractivity contribution in [2.45, 2.75) is 12.5 Å². The van der Waals surface area contributed by atoms with Gasteiger partial charge in [0.05, 0.1) is 12.7 Å². The zero-order valence-electron chi connectivity index (χ0n) is 12.9. The van der Waals surface area contributed by atoms with Crippen molar-refractivity contribution in [2.24, 2.45) is 7.05 Å². The van der Waals surface area contributed by atoms with Crippen molar-refractivity contribution in [1.29, 1.82) is 0 Å². The van der Waals surface area contributed by atoms with Gasteiger partial charge in [-0.05, 0) is 41.4 Å². The Balaban J connectivity index is 1.77. The van der Waals surface area contributed by atoms with Gasteiger partial charge in [-0.2, -0.15) is 16.4 Å². The minimum absolute atomic E-state index is 0.128. The van der Waals surface area contributed by atoms with E-state index < -0.39 is 5.60 Å². The number of aliphatic hydroxyl groups is 1. The van der Waals surface area contributed by atoms with E-state index in [9.17, 15) is 9.90 Å². The summed E-state index contributed by atoms with van der Waals surface area (Å²) in [5.41, 5.74) is 0.148. The number of nitrogens with one attached hydrogen (secondary N) is 1. The molecule has 23 heavy (non-hydrogen) atoms. The molecule has 0 aromatic carbocycles. The third kappa shape index (κ3) is 3.06. The highest BCUT2D eigenvalue weighted by Gasteiger charge is 2.25. The van der Waals surface area contributed by atoms with E-state index in [2.05, 4.69) is 10.4 Å². The third-order valence-electron chi connectivity index (χ3n) is 3.74. The number of nitrogens with zero attached hydrogens (tertiary/aromatic N) is 3. The van der Waals surface area contributed by atoms with Gasteiger partial charge >= 0.3 is 0 Å². The van der Waals surface area contributed by atoms with Gasteiger partial charge in [0.15, 0.2) is 0 Å². The molecule has 6 nitrogen and oxygen atoms in total. The second-order valence-electron chi connectivity index (χ2n) is 5.56. The molecule has 1 amide bonds. The molecular formula is C16H18N4O2S. The molecule has 0 spiro atoms. The number of hydrogen-bond donors (Lipinski definition) is 2. The minimum atomic E-state index is -1.11. The first-order chi connectivity index (χ1) is 11.0. The number of aromatic nitrogens is 3. The summed E-state index contributed by atoms with van der Waals surface area (Å²) in [7, 11) is 1.79. The molecule has 0 fully saturated rings. The number of carbonyl (C=O) groups excluding carboxylic acids is 1. The Morgan fingerprint density at radius 3 is 2.83 bits per heavy atom. The summed E-state index contributed by atoms with van der Waals surface area (Å²) in [6.07, 6.45) is 5.24. The molecule has 0 radical (unpaired) electrons. The van der Waals surface area contributed by atoms with Gasteiger partial charge in [-0.3, -0.25) is 9.48 Å². The van der Waals surface area contributed by atoms with Crippen molar-refractivity contribution in [3.05, 3.63) is 58.7 Å². The van der Waals surface area contributed by atoms with Gasteiger partial charge < -0.3 is 15.0 Å². The van der Waals surface area contributed by atoms with E-state index in [1.807, 2.05) is 45.9 Å². The highest BCUT2D eigenvalue weighted by Crippen LogP contribution is 2.22. The maximum atomic E-state index is 12.5. The highest BCUT2D eigenvalue weighted by molar-refractivity contribution is 7.08. The fourth-order valence-electron chi connectivity index (χ4n) is 2.39. The molecule has 120 valence electrons. The van der Waals surface area contributed by atoms with Gasteiger partial charge in [-0.25, -0.2) is 0 Å². The number of hydrogen-bond acceptors (Lipinski definition) is 4. The Kier molecular flexibility index (Phi) is 4.06. The molecule has 2 N–H and O–H groups in total. The molecule has 0 aliphatic carbocycles. The summed E-state index contributed by atoms with van der Waals surface area (Å²) in [5, 5.41) is 21.2. The molecule has 7 heteroatoms. The molecule has 1 unspecified atom stereocenters. The maximum absolute atomic E-state index is 12.5. The van der Waals surface area contributed by atoms with E-state index in [1.54, 1.807) is 18.7 Å². The molecular weight excluding hydrogens is 312 g/mol. The smallest absolute Gasteiger partial charge is 0.256 e. The van der Waals surface area contributed by atoms with Crippen molar-refractivity contribution in [1.82, 2.24) is 19.7 Å². The summed E-state index contributed by atoms with van der Waals surface area (Å²) >= 11 is 1.51. The predicted molar refractivity (Wildman–Crippen MR) is 88.8 cm³/mol. The summed E-state index contributed by atoms with van der Waals surface area (Å²) in [6.45, 7) is 1.81. The molecule has 0 aliphatic heterocycles. The zero-order valence-corrected chi connectivity index (χ0v) is 13.7. The van der Waals surface area contributed by atoms with Crippen molar-refractivity contribution in [3.63, 3.8) is 0 Å². The van der Waals surface area contributed by atoms with Gasteiger partial charge in [0.1, 0.15) is 17.0 Å². The Morgan fingerprint density at radius 1 is 1.43 bits per heavy atom. The molecule has 0 aliphatic rings. The molecule has 0 saturated heterocycles. The Labute approximate surface area is 138 Å². The normalized spacial score (nSPS) is 13.7. The summed E-state index contributed by atoms with van der Waals surface area (Å²) in [6, 6.07) is 5.62. The van der Waals surface area contributed by atoms with Crippen molar-refractivity contribution in [2.75, 3.05) is 6.54 Å². The van der Waals surface area contributed by atoms with Crippen LogP contribution in [0, 0.1) is 0 Å². The Hall–Kier alpha value is -2.38. The molecule has 0 bridgehead atoms. The number of aryl methyl sites for hydroxylation is 1. The van der Waals surface area contributed by atoms with Crippen LogP contribution in [0.2, 0.25) is 0 Å². The van der Waals surface area contributed by atoms with Gasteiger partial charge in [-0.15, -0.1) is 0 Å². The van der Waals surface area contributed by atoms with E-state index in [1.165, 1.54) is 17.5 Å². The zero-order chi connectivity index (χ0) is 16.4. The van der Waals surface area contributed by atoms with Crippen LogP contribution in [0.5, 0.6) is 0 Å². The van der Waals surface area contributed by atoms with E-state index in [-0.39, 0.29) is 12.5 Å². The lowest BCUT2D eigenvalue weighted by atomic mass is 9.99. The number of thiophene rings is 1. The fourth-order valence-corrected chi connectivity index (χ4v) is 3.18. The SMILES string of the molecule is Cn1ncc(C(=O)NCC(C)(O)c2ccsc2)c1-n1cccc1. The predicted octanol–water partition coefficient (Wildman–Crippen LogP) is 1.91. The van der Waals surface area contributed by atoms with E-state index >= 15 is 0 Å². The van der Waals surface area contributed by atoms with Crippen LogP contribution < -0.4 is 5.32 Å². The van der Waals surface area contributed by atoms with Crippen LogP contribution in [0.3, 0.4) is 0 Å². The third-order valence-corrected chi connectivity index (χ3v) is 4.42. The molecule has 0 saturated carbocycles. The number of rotatable bonds is 5. The molecule has 3 rings (SSSR count). The largest absolute Gasteiger partial charge is 0.384 e. The van der Waals surface area contributed by atoms with Crippen LogP contribution >= 0.6 is 11.3 Å². The standard InChI is InChI=1S/C16H18N4O2S/c1-16(22,12-5-8-23-10-12)11-17-14(21)13-9-18-19(2)15(13)20-6-3-4-7-20/h3-10,22H,11H2,1-2H3,(H,17,21). The van der Waals surface area contributed by atoms with Crippen LogP contribution in [-0.4, -0.2) is 31.9 Å². The summed E-state index contributed by atoms with van der Waals surface area (Å²) < 4.78 is 3.48. The average Bonchev–Trinajstić information content (AvgIpc) is 3.25. The van der Waals surface area contributed by atoms with Crippen molar-refractivity contribution >= 4 is 17.2 Å². The second-order valence-corrected chi connectivity index (χ2v) is 6.34. The van der Waals surface area contributed by atoms with Crippen molar-refractivity contribution < 1.29 is 9.90 Å². The quantitative estimate of drug-likeness (QED) is 0.751. The van der Waals surface area contributed by atoms with Gasteiger partial charge in [0.2, 0.25) is 0 Å². The van der Waals surface area contributed by atoms with E-state index in [4.69, 9.17) is 0 Å². The first-order valence-electron chi connectivity index (χ1n) is 7.17. The van der Waals surface area contributed by atoms with Crippen LogP contribution in [0.15, 0.2) is 47.5 Å². The highest BCUT2D eigenvalue weighted by atomic mass is 32.1. The topological polar surface area (TPSA) is 72.1 Å². The molecule has 3 aromatic rings. The van der Waals surface area contributed by atoms with Crippen LogP contribution in [-0.2, 0) is 12.6 Å². The van der Waals surface area contributed by atoms with Crippen molar-refractivity contribution in [3.8, 4) is 5.82 Å². The van der Waals surface area contributed by atoms with E-state index in [0.717, 1.165) is 5.56 Å². The lowest BCUT2D eigenvalue weighted by molar-refractivity contribution is 0.0530. The van der Waals surface area contributed by atoms with Crippen LogP contribution in [0.25, 0.3) is 5.82 Å². The molecule has 3 heterocycles. The van der Waals surface area contributed by atoms with Crippen LogP contribution in [0.1, 0.15) is 22.8 Å². The molecule has 3 aromatic heterocycles. The first-order valence-corrected chi connectivity index (χ1v) is 8.12. The minimum Gasteiger partial charge on any atom is -0.384 e. The fraction of sp³-hybridized carbons (Fsp3) is 0.250. The summed E-state index contributed by atoms with van der Waals surface area (Å²) in [5.74, 6) is 0.417. The lowest BCUT2D eigenvalue weighted by Gasteiger charge is -2.22. The monoisotopic (exact) mass is 330 g/mol. The molecule has 1 atom stereocenters. The number of amides is 1. The average molecular weight is 330 g/mol. The maximum Gasteiger partial charge on any atom is 0.256 e. The van der Waals surface area contributed by atoms with E-state index in [0.29, 0.717) is 11.4 Å². The number of carbonyl (C=O) groups is 1. The second kappa shape index (κ2) is 6.02.